The van der Waals surface area contributed by atoms with Crippen molar-refractivity contribution in [1.82, 2.24) is 9.72 Å². The van der Waals surface area contributed by atoms with E-state index in [0.717, 1.165) is 33.3 Å². The van der Waals surface area contributed by atoms with Crippen molar-refractivity contribution in [2.24, 2.45) is 0 Å². The number of carbonyl (C=O) groups is 1. The van der Waals surface area contributed by atoms with Crippen LogP contribution in [0, 0.1) is 6.92 Å². The van der Waals surface area contributed by atoms with Crippen molar-refractivity contribution in [1.29, 1.82) is 0 Å². The molecule has 0 aliphatic rings. The fourth-order valence-electron chi connectivity index (χ4n) is 3.12. The highest BCUT2D eigenvalue weighted by Gasteiger charge is 2.15. The van der Waals surface area contributed by atoms with Gasteiger partial charge in [0, 0.05) is 22.4 Å². The van der Waals surface area contributed by atoms with Crippen LogP contribution < -0.4 is 0 Å². The standard InChI is InChI=1S/C19H16N2O3/c1-12-9-14(20-24-12)11-21-17-6-4-3-5-15(17)16-8-7-13(10-18(16)21)19(22)23-2/h3-10H,11H2,1-2H3. The van der Waals surface area contributed by atoms with Gasteiger partial charge in [-0.1, -0.05) is 29.4 Å². The SMILES string of the molecule is COC(=O)c1ccc2c3ccccc3n(Cc3cc(C)on3)c2c1. The van der Waals surface area contributed by atoms with Crippen LogP contribution in [0.25, 0.3) is 21.8 Å². The fraction of sp³-hybridized carbons (Fsp3) is 0.158. The van der Waals surface area contributed by atoms with Gasteiger partial charge >= 0.3 is 5.97 Å². The second-order valence-corrected chi connectivity index (χ2v) is 5.76. The molecule has 0 fully saturated rings. The number of esters is 1. The summed E-state index contributed by atoms with van der Waals surface area (Å²) in [6.07, 6.45) is 0. The zero-order valence-corrected chi connectivity index (χ0v) is 13.4. The number of hydrogen-bond donors (Lipinski definition) is 0. The van der Waals surface area contributed by atoms with Crippen LogP contribution in [0.2, 0.25) is 0 Å². The van der Waals surface area contributed by atoms with Crippen LogP contribution in [-0.4, -0.2) is 22.8 Å². The molecule has 0 atom stereocenters. The minimum atomic E-state index is -0.342. The number of hydrogen-bond acceptors (Lipinski definition) is 4. The van der Waals surface area contributed by atoms with E-state index in [0.29, 0.717) is 12.1 Å². The van der Waals surface area contributed by atoms with Gasteiger partial charge in [0.25, 0.3) is 0 Å². The number of benzene rings is 2. The summed E-state index contributed by atoms with van der Waals surface area (Å²) >= 11 is 0. The average molecular weight is 320 g/mol. The lowest BCUT2D eigenvalue weighted by atomic mass is 10.1. The van der Waals surface area contributed by atoms with Gasteiger partial charge in [0.15, 0.2) is 0 Å². The van der Waals surface area contributed by atoms with E-state index >= 15 is 0 Å². The summed E-state index contributed by atoms with van der Waals surface area (Å²) in [6, 6.07) is 15.7. The summed E-state index contributed by atoms with van der Waals surface area (Å²) in [5.74, 6) is 0.437. The van der Waals surface area contributed by atoms with Crippen LogP contribution in [0.4, 0.5) is 0 Å². The molecule has 120 valence electrons. The summed E-state index contributed by atoms with van der Waals surface area (Å²) in [5.41, 5.74) is 3.44. The lowest BCUT2D eigenvalue weighted by Gasteiger charge is -2.06. The number of carbonyl (C=O) groups excluding carboxylic acids is 1. The van der Waals surface area contributed by atoms with E-state index in [1.807, 2.05) is 37.3 Å². The summed E-state index contributed by atoms with van der Waals surface area (Å²) in [5, 5.41) is 6.33. The average Bonchev–Trinajstić information content (AvgIpc) is 3.16. The van der Waals surface area contributed by atoms with Crippen LogP contribution in [0.15, 0.2) is 53.1 Å². The molecule has 0 spiro atoms. The summed E-state index contributed by atoms with van der Waals surface area (Å²) < 4.78 is 12.2. The molecule has 0 bridgehead atoms. The van der Waals surface area contributed by atoms with Crippen LogP contribution in [-0.2, 0) is 11.3 Å². The third-order valence-electron chi connectivity index (χ3n) is 4.19. The molecule has 0 aliphatic carbocycles. The Labute approximate surface area is 138 Å². The summed E-state index contributed by atoms with van der Waals surface area (Å²) in [6.45, 7) is 2.45. The van der Waals surface area contributed by atoms with E-state index in [1.165, 1.54) is 7.11 Å². The van der Waals surface area contributed by atoms with E-state index < -0.39 is 0 Å². The number of rotatable bonds is 3. The van der Waals surface area contributed by atoms with Crippen molar-refractivity contribution in [2.45, 2.75) is 13.5 Å². The van der Waals surface area contributed by atoms with Crippen LogP contribution in [0.3, 0.4) is 0 Å². The number of nitrogens with zero attached hydrogens (tertiary/aromatic N) is 2. The normalized spacial score (nSPS) is 11.2. The maximum Gasteiger partial charge on any atom is 0.337 e. The van der Waals surface area contributed by atoms with E-state index in [2.05, 4.69) is 21.9 Å². The Hall–Kier alpha value is -3.08. The highest BCUT2D eigenvalue weighted by molar-refractivity contribution is 6.09. The Morgan fingerprint density at radius 3 is 2.67 bits per heavy atom. The van der Waals surface area contributed by atoms with Gasteiger partial charge in [0.05, 0.1) is 24.7 Å². The quantitative estimate of drug-likeness (QED) is 0.537. The number of ether oxygens (including phenoxy) is 1. The van der Waals surface area contributed by atoms with Crippen molar-refractivity contribution < 1.29 is 14.1 Å². The molecular weight excluding hydrogens is 304 g/mol. The van der Waals surface area contributed by atoms with Crippen molar-refractivity contribution in [2.75, 3.05) is 7.11 Å². The van der Waals surface area contributed by atoms with Crippen molar-refractivity contribution in [3.05, 3.63) is 65.5 Å². The highest BCUT2D eigenvalue weighted by Crippen LogP contribution is 2.30. The molecule has 0 saturated heterocycles. The number of methoxy groups -OCH3 is 1. The molecule has 5 heteroatoms. The van der Waals surface area contributed by atoms with Crippen molar-refractivity contribution in [3.8, 4) is 0 Å². The molecule has 0 unspecified atom stereocenters. The maximum atomic E-state index is 11.9. The molecule has 5 nitrogen and oxygen atoms in total. The first-order chi connectivity index (χ1) is 11.7. The highest BCUT2D eigenvalue weighted by atomic mass is 16.5. The van der Waals surface area contributed by atoms with Crippen molar-refractivity contribution in [3.63, 3.8) is 0 Å². The maximum absolute atomic E-state index is 11.9. The monoisotopic (exact) mass is 320 g/mol. The Bertz CT molecular complexity index is 1060. The molecule has 0 aliphatic heterocycles. The predicted octanol–water partition coefficient (Wildman–Crippen LogP) is 3.93. The van der Waals surface area contributed by atoms with Crippen LogP contribution in [0.5, 0.6) is 0 Å². The first-order valence-corrected chi connectivity index (χ1v) is 7.69. The van der Waals surface area contributed by atoms with Gasteiger partial charge in [-0.25, -0.2) is 4.79 Å². The van der Waals surface area contributed by atoms with E-state index in [1.54, 1.807) is 6.07 Å². The lowest BCUT2D eigenvalue weighted by molar-refractivity contribution is 0.0601. The zero-order valence-electron chi connectivity index (χ0n) is 13.4. The fourth-order valence-corrected chi connectivity index (χ4v) is 3.12. The Balaban J connectivity index is 1.97. The minimum absolute atomic E-state index is 0.342. The number of fused-ring (bicyclic) bond motifs is 3. The lowest BCUT2D eigenvalue weighted by Crippen LogP contribution is -2.03. The van der Waals surface area contributed by atoms with Crippen molar-refractivity contribution >= 4 is 27.8 Å². The third kappa shape index (κ3) is 2.25. The third-order valence-corrected chi connectivity index (χ3v) is 4.19. The molecule has 24 heavy (non-hydrogen) atoms. The zero-order chi connectivity index (χ0) is 16.7. The number of aryl methyl sites for hydroxylation is 1. The molecule has 0 N–H and O–H groups in total. The van der Waals surface area contributed by atoms with Gasteiger partial charge in [-0.15, -0.1) is 0 Å². The van der Waals surface area contributed by atoms with Crippen LogP contribution in [0.1, 0.15) is 21.8 Å². The molecule has 4 aromatic rings. The molecule has 2 heterocycles. The largest absolute Gasteiger partial charge is 0.465 e. The van der Waals surface area contributed by atoms with E-state index in [-0.39, 0.29) is 5.97 Å². The molecule has 0 amide bonds. The smallest absolute Gasteiger partial charge is 0.337 e. The molecular formula is C19H16N2O3. The minimum Gasteiger partial charge on any atom is -0.465 e. The van der Waals surface area contributed by atoms with Gasteiger partial charge in [-0.2, -0.15) is 0 Å². The molecule has 0 saturated carbocycles. The van der Waals surface area contributed by atoms with Gasteiger partial charge in [-0.3, -0.25) is 0 Å². The second kappa shape index (κ2) is 5.53. The van der Waals surface area contributed by atoms with Gasteiger partial charge in [-0.05, 0) is 25.1 Å². The second-order valence-electron chi connectivity index (χ2n) is 5.76. The molecule has 4 rings (SSSR count). The van der Waals surface area contributed by atoms with Gasteiger partial charge < -0.3 is 13.8 Å². The Morgan fingerprint density at radius 1 is 1.12 bits per heavy atom. The Morgan fingerprint density at radius 2 is 1.92 bits per heavy atom. The van der Waals surface area contributed by atoms with E-state index in [4.69, 9.17) is 9.26 Å². The van der Waals surface area contributed by atoms with Gasteiger partial charge in [0.1, 0.15) is 11.5 Å². The predicted molar refractivity (Wildman–Crippen MR) is 91.1 cm³/mol. The topological polar surface area (TPSA) is 57.3 Å². The molecule has 0 radical (unpaired) electrons. The molecule has 2 aromatic heterocycles. The van der Waals surface area contributed by atoms with Crippen LogP contribution >= 0.6 is 0 Å². The van der Waals surface area contributed by atoms with Gasteiger partial charge in [0.2, 0.25) is 0 Å². The Kier molecular flexibility index (Phi) is 3.34. The van der Waals surface area contributed by atoms with E-state index in [9.17, 15) is 4.79 Å². The summed E-state index contributed by atoms with van der Waals surface area (Å²) in [4.78, 5) is 11.9. The first kappa shape index (κ1) is 14.5. The molecule has 2 aromatic carbocycles. The number of para-hydroxylation sites is 1. The summed E-state index contributed by atoms with van der Waals surface area (Å²) in [7, 11) is 1.39. The number of aromatic nitrogens is 2. The first-order valence-electron chi connectivity index (χ1n) is 7.69.